The summed E-state index contributed by atoms with van der Waals surface area (Å²) >= 11 is 0. The summed E-state index contributed by atoms with van der Waals surface area (Å²) in [6.07, 6.45) is 1.09. The van der Waals surface area contributed by atoms with Crippen LogP contribution in [0.4, 0.5) is 17.1 Å². The Labute approximate surface area is 144 Å². The van der Waals surface area contributed by atoms with E-state index in [0.717, 1.165) is 37.4 Å². The molecule has 4 heteroatoms. The number of carbonyl (C=O) groups is 1. The van der Waals surface area contributed by atoms with Crippen molar-refractivity contribution in [3.8, 4) is 0 Å². The first-order chi connectivity index (χ1) is 11.6. The molecule has 0 unspecified atom stereocenters. The van der Waals surface area contributed by atoms with Crippen molar-refractivity contribution in [1.82, 2.24) is 0 Å². The molecule has 1 aliphatic heterocycles. The Morgan fingerprint density at radius 1 is 1.17 bits per heavy atom. The summed E-state index contributed by atoms with van der Waals surface area (Å²) in [4.78, 5) is 17.0. The Morgan fingerprint density at radius 2 is 1.92 bits per heavy atom. The fourth-order valence-corrected chi connectivity index (χ4v) is 3.10. The first kappa shape index (κ1) is 16.4. The Morgan fingerprint density at radius 3 is 2.58 bits per heavy atom. The number of benzene rings is 2. The topological polar surface area (TPSA) is 35.6 Å². The second-order valence-electron chi connectivity index (χ2n) is 6.19. The van der Waals surface area contributed by atoms with Gasteiger partial charge in [0.25, 0.3) is 5.91 Å². The number of anilines is 3. The average molecular weight is 323 g/mol. The standard InChI is InChI=1S/C20H25N3O/c1-4-22(3)18-10-7-16(8-11-18)20(24)21-17-9-6-15-12-13-23(5-2)19(15)14-17/h6-11,14H,4-5,12-13H2,1-3H3,(H,21,24). The van der Waals surface area contributed by atoms with Crippen LogP contribution in [0.25, 0.3) is 0 Å². The minimum absolute atomic E-state index is 0.0679. The number of hydrogen-bond donors (Lipinski definition) is 1. The lowest BCUT2D eigenvalue weighted by Gasteiger charge is -2.18. The van der Waals surface area contributed by atoms with E-state index in [4.69, 9.17) is 0 Å². The minimum Gasteiger partial charge on any atom is -0.375 e. The van der Waals surface area contributed by atoms with Crippen LogP contribution in [0.15, 0.2) is 42.5 Å². The number of hydrogen-bond acceptors (Lipinski definition) is 3. The van der Waals surface area contributed by atoms with Crippen molar-refractivity contribution in [2.24, 2.45) is 0 Å². The Balaban J connectivity index is 1.73. The molecule has 0 bridgehead atoms. The van der Waals surface area contributed by atoms with Gasteiger partial charge in [0.2, 0.25) is 0 Å². The van der Waals surface area contributed by atoms with Gasteiger partial charge in [-0.3, -0.25) is 4.79 Å². The van der Waals surface area contributed by atoms with Crippen LogP contribution < -0.4 is 15.1 Å². The first-order valence-corrected chi connectivity index (χ1v) is 8.62. The van der Waals surface area contributed by atoms with Crippen LogP contribution in [0.1, 0.15) is 29.8 Å². The third kappa shape index (κ3) is 3.23. The molecule has 24 heavy (non-hydrogen) atoms. The van der Waals surface area contributed by atoms with Crippen LogP contribution in [0, 0.1) is 0 Å². The molecular weight excluding hydrogens is 298 g/mol. The molecule has 0 aliphatic carbocycles. The molecule has 0 fully saturated rings. The van der Waals surface area contributed by atoms with E-state index in [1.165, 1.54) is 11.3 Å². The van der Waals surface area contributed by atoms with E-state index in [1.807, 2.05) is 37.4 Å². The normalized spacial score (nSPS) is 12.9. The van der Waals surface area contributed by atoms with E-state index < -0.39 is 0 Å². The largest absolute Gasteiger partial charge is 0.375 e. The molecular formula is C20H25N3O. The Kier molecular flexibility index (Phi) is 4.74. The third-order valence-corrected chi connectivity index (χ3v) is 4.76. The minimum atomic E-state index is -0.0679. The van der Waals surface area contributed by atoms with Crippen molar-refractivity contribution in [3.63, 3.8) is 0 Å². The van der Waals surface area contributed by atoms with E-state index in [-0.39, 0.29) is 5.91 Å². The molecule has 1 heterocycles. The van der Waals surface area contributed by atoms with Gasteiger partial charge in [-0.15, -0.1) is 0 Å². The highest BCUT2D eigenvalue weighted by Crippen LogP contribution is 2.30. The molecule has 0 atom stereocenters. The zero-order valence-corrected chi connectivity index (χ0v) is 14.7. The summed E-state index contributed by atoms with van der Waals surface area (Å²) in [5.74, 6) is -0.0679. The predicted octanol–water partition coefficient (Wildman–Crippen LogP) is 3.78. The molecule has 0 saturated heterocycles. The second-order valence-corrected chi connectivity index (χ2v) is 6.19. The van der Waals surface area contributed by atoms with Crippen molar-refractivity contribution >= 4 is 23.0 Å². The van der Waals surface area contributed by atoms with Crippen molar-refractivity contribution in [2.45, 2.75) is 20.3 Å². The summed E-state index contributed by atoms with van der Waals surface area (Å²) in [5.41, 5.74) is 5.26. The molecule has 126 valence electrons. The van der Waals surface area contributed by atoms with Gasteiger partial charge in [-0.05, 0) is 62.2 Å². The molecule has 0 aromatic heterocycles. The van der Waals surface area contributed by atoms with Crippen LogP contribution in [0.3, 0.4) is 0 Å². The molecule has 4 nitrogen and oxygen atoms in total. The fourth-order valence-electron chi connectivity index (χ4n) is 3.10. The van der Waals surface area contributed by atoms with E-state index in [2.05, 4.69) is 41.1 Å². The summed E-state index contributed by atoms with van der Waals surface area (Å²) in [6.45, 7) is 7.27. The number of carbonyl (C=O) groups excluding carboxylic acids is 1. The molecule has 2 aromatic rings. The van der Waals surface area contributed by atoms with Crippen LogP contribution in [0.5, 0.6) is 0 Å². The molecule has 1 aliphatic rings. The summed E-state index contributed by atoms with van der Waals surface area (Å²) in [7, 11) is 2.04. The van der Waals surface area contributed by atoms with Crippen LogP contribution in [-0.2, 0) is 6.42 Å². The maximum absolute atomic E-state index is 12.5. The van der Waals surface area contributed by atoms with Crippen molar-refractivity contribution in [1.29, 1.82) is 0 Å². The fraction of sp³-hybridized carbons (Fsp3) is 0.350. The van der Waals surface area contributed by atoms with Gasteiger partial charge in [0.15, 0.2) is 0 Å². The van der Waals surface area contributed by atoms with E-state index in [1.54, 1.807) is 0 Å². The molecule has 3 rings (SSSR count). The van der Waals surface area contributed by atoms with Gasteiger partial charge in [-0.1, -0.05) is 6.07 Å². The lowest BCUT2D eigenvalue weighted by atomic mass is 10.1. The predicted molar refractivity (Wildman–Crippen MR) is 101 cm³/mol. The van der Waals surface area contributed by atoms with Gasteiger partial charge in [-0.25, -0.2) is 0 Å². The maximum Gasteiger partial charge on any atom is 0.255 e. The SMILES string of the molecule is CCN(C)c1ccc(C(=O)Nc2ccc3c(c2)N(CC)CC3)cc1. The number of likely N-dealkylation sites (N-methyl/N-ethyl adjacent to an activating group) is 1. The summed E-state index contributed by atoms with van der Waals surface area (Å²) in [5, 5.41) is 3.02. The molecule has 2 aromatic carbocycles. The number of rotatable bonds is 5. The monoisotopic (exact) mass is 323 g/mol. The van der Waals surface area contributed by atoms with Gasteiger partial charge in [0.05, 0.1) is 0 Å². The van der Waals surface area contributed by atoms with Gasteiger partial charge in [0, 0.05) is 49.3 Å². The highest BCUT2D eigenvalue weighted by molar-refractivity contribution is 6.04. The molecule has 0 radical (unpaired) electrons. The highest BCUT2D eigenvalue weighted by Gasteiger charge is 2.18. The first-order valence-electron chi connectivity index (χ1n) is 8.62. The molecule has 1 N–H and O–H groups in total. The van der Waals surface area contributed by atoms with Crippen molar-refractivity contribution < 1.29 is 4.79 Å². The lowest BCUT2D eigenvalue weighted by molar-refractivity contribution is 0.102. The van der Waals surface area contributed by atoms with Gasteiger partial charge in [0.1, 0.15) is 0 Å². The number of nitrogens with one attached hydrogen (secondary N) is 1. The zero-order chi connectivity index (χ0) is 17.1. The van der Waals surface area contributed by atoms with E-state index in [9.17, 15) is 4.79 Å². The van der Waals surface area contributed by atoms with Crippen LogP contribution in [-0.4, -0.2) is 32.6 Å². The summed E-state index contributed by atoms with van der Waals surface area (Å²) in [6, 6.07) is 13.9. The third-order valence-electron chi connectivity index (χ3n) is 4.76. The average Bonchev–Trinajstić information content (AvgIpc) is 3.03. The smallest absolute Gasteiger partial charge is 0.255 e. The van der Waals surface area contributed by atoms with Crippen molar-refractivity contribution in [2.75, 3.05) is 41.8 Å². The Hall–Kier alpha value is -2.49. The lowest BCUT2D eigenvalue weighted by Crippen LogP contribution is -2.19. The highest BCUT2D eigenvalue weighted by atomic mass is 16.1. The molecule has 0 saturated carbocycles. The van der Waals surface area contributed by atoms with Crippen LogP contribution in [0.2, 0.25) is 0 Å². The maximum atomic E-state index is 12.5. The van der Waals surface area contributed by atoms with Crippen molar-refractivity contribution in [3.05, 3.63) is 53.6 Å². The zero-order valence-electron chi connectivity index (χ0n) is 14.7. The number of nitrogens with zero attached hydrogens (tertiary/aromatic N) is 2. The second kappa shape index (κ2) is 6.95. The van der Waals surface area contributed by atoms with Crippen LogP contribution >= 0.6 is 0 Å². The van der Waals surface area contributed by atoms with Gasteiger partial charge < -0.3 is 15.1 Å². The molecule has 0 spiro atoms. The summed E-state index contributed by atoms with van der Waals surface area (Å²) < 4.78 is 0. The molecule has 1 amide bonds. The van der Waals surface area contributed by atoms with Gasteiger partial charge >= 0.3 is 0 Å². The van der Waals surface area contributed by atoms with Gasteiger partial charge in [-0.2, -0.15) is 0 Å². The quantitative estimate of drug-likeness (QED) is 0.909. The number of amides is 1. The Bertz CT molecular complexity index is 724. The van der Waals surface area contributed by atoms with E-state index >= 15 is 0 Å². The number of fused-ring (bicyclic) bond motifs is 1. The van der Waals surface area contributed by atoms with E-state index in [0.29, 0.717) is 5.56 Å².